The van der Waals surface area contributed by atoms with Crippen LogP contribution in [0.4, 0.5) is 0 Å². The number of unbranched alkanes of at least 4 members (excludes halogenated alkanes) is 1. The molecular formula is C14H18N2. The van der Waals surface area contributed by atoms with Crippen LogP contribution in [-0.2, 0) is 13.5 Å². The first kappa shape index (κ1) is 10.9. The average molecular weight is 214 g/mol. The SMILES string of the molecule is CCCCc1cnn(C)c1-c1ccccc1. The third-order valence-electron chi connectivity index (χ3n) is 2.86. The van der Waals surface area contributed by atoms with Crippen molar-refractivity contribution < 1.29 is 0 Å². The number of hydrogen-bond acceptors (Lipinski definition) is 1. The maximum atomic E-state index is 4.36. The number of nitrogens with zero attached hydrogens (tertiary/aromatic N) is 2. The molecule has 16 heavy (non-hydrogen) atoms. The largest absolute Gasteiger partial charge is 0.268 e. The first-order valence-corrected chi connectivity index (χ1v) is 5.89. The molecule has 84 valence electrons. The Balaban J connectivity index is 2.35. The zero-order valence-corrected chi connectivity index (χ0v) is 9.98. The first-order valence-electron chi connectivity index (χ1n) is 5.89. The van der Waals surface area contributed by atoms with Crippen LogP contribution < -0.4 is 0 Å². The van der Waals surface area contributed by atoms with E-state index in [9.17, 15) is 0 Å². The van der Waals surface area contributed by atoms with Gasteiger partial charge in [-0.25, -0.2) is 0 Å². The minimum atomic E-state index is 1.12. The standard InChI is InChI=1S/C14H18N2/c1-3-4-8-13-11-15-16(2)14(13)12-9-6-5-7-10-12/h5-7,9-11H,3-4,8H2,1-2H3. The Bertz CT molecular complexity index is 443. The molecule has 0 spiro atoms. The molecule has 2 nitrogen and oxygen atoms in total. The van der Waals surface area contributed by atoms with Gasteiger partial charge in [0.05, 0.1) is 11.9 Å². The summed E-state index contributed by atoms with van der Waals surface area (Å²) in [6, 6.07) is 10.5. The second-order valence-electron chi connectivity index (χ2n) is 4.11. The van der Waals surface area contributed by atoms with Gasteiger partial charge in [-0.2, -0.15) is 5.10 Å². The molecule has 0 aliphatic heterocycles. The molecule has 1 aromatic carbocycles. The topological polar surface area (TPSA) is 17.8 Å². The molecule has 0 unspecified atom stereocenters. The molecule has 2 heteroatoms. The number of hydrogen-bond donors (Lipinski definition) is 0. The fourth-order valence-electron chi connectivity index (χ4n) is 2.00. The van der Waals surface area contributed by atoms with E-state index in [0.29, 0.717) is 0 Å². The molecule has 0 bridgehead atoms. The maximum absolute atomic E-state index is 4.36. The van der Waals surface area contributed by atoms with E-state index in [0.717, 1.165) is 6.42 Å². The Morgan fingerprint density at radius 1 is 1.19 bits per heavy atom. The van der Waals surface area contributed by atoms with Crippen molar-refractivity contribution >= 4 is 0 Å². The highest BCUT2D eigenvalue weighted by Gasteiger charge is 2.09. The van der Waals surface area contributed by atoms with Gasteiger partial charge < -0.3 is 0 Å². The molecule has 1 aromatic heterocycles. The number of rotatable bonds is 4. The van der Waals surface area contributed by atoms with Crippen molar-refractivity contribution in [1.82, 2.24) is 9.78 Å². The Hall–Kier alpha value is -1.57. The van der Waals surface area contributed by atoms with Gasteiger partial charge in [0.1, 0.15) is 0 Å². The summed E-state index contributed by atoms with van der Waals surface area (Å²) in [5.74, 6) is 0. The van der Waals surface area contributed by atoms with Crippen LogP contribution in [0.2, 0.25) is 0 Å². The third kappa shape index (κ3) is 2.16. The van der Waals surface area contributed by atoms with Crippen LogP contribution in [0.25, 0.3) is 11.3 Å². The van der Waals surface area contributed by atoms with E-state index in [-0.39, 0.29) is 0 Å². The highest BCUT2D eigenvalue weighted by Crippen LogP contribution is 2.23. The minimum Gasteiger partial charge on any atom is -0.268 e. The van der Waals surface area contributed by atoms with E-state index in [4.69, 9.17) is 0 Å². The average Bonchev–Trinajstić information content (AvgIpc) is 2.69. The van der Waals surface area contributed by atoms with Gasteiger partial charge in [0.15, 0.2) is 0 Å². The van der Waals surface area contributed by atoms with Crippen molar-refractivity contribution in [1.29, 1.82) is 0 Å². The van der Waals surface area contributed by atoms with Gasteiger partial charge in [0.2, 0.25) is 0 Å². The van der Waals surface area contributed by atoms with Crippen LogP contribution in [0.3, 0.4) is 0 Å². The van der Waals surface area contributed by atoms with Crippen LogP contribution in [0.1, 0.15) is 25.3 Å². The molecular weight excluding hydrogens is 196 g/mol. The molecule has 0 amide bonds. The van der Waals surface area contributed by atoms with E-state index in [2.05, 4.69) is 36.3 Å². The Morgan fingerprint density at radius 2 is 1.94 bits per heavy atom. The highest BCUT2D eigenvalue weighted by molar-refractivity contribution is 5.63. The van der Waals surface area contributed by atoms with Crippen molar-refractivity contribution in [2.45, 2.75) is 26.2 Å². The number of benzene rings is 1. The second kappa shape index (κ2) is 4.97. The molecule has 1 heterocycles. The molecule has 2 aromatic rings. The van der Waals surface area contributed by atoms with Crippen molar-refractivity contribution in [3.8, 4) is 11.3 Å². The Labute approximate surface area is 96.9 Å². The second-order valence-corrected chi connectivity index (χ2v) is 4.11. The maximum Gasteiger partial charge on any atom is 0.0710 e. The van der Waals surface area contributed by atoms with Gasteiger partial charge in [-0.15, -0.1) is 0 Å². The van der Waals surface area contributed by atoms with Crippen molar-refractivity contribution in [2.24, 2.45) is 7.05 Å². The molecule has 0 aliphatic carbocycles. The smallest absolute Gasteiger partial charge is 0.0710 e. The summed E-state index contributed by atoms with van der Waals surface area (Å²) in [6.45, 7) is 2.22. The molecule has 0 saturated carbocycles. The fraction of sp³-hybridized carbons (Fsp3) is 0.357. The highest BCUT2D eigenvalue weighted by atomic mass is 15.3. The van der Waals surface area contributed by atoms with Crippen LogP contribution in [0.15, 0.2) is 36.5 Å². The van der Waals surface area contributed by atoms with Crippen LogP contribution in [0, 0.1) is 0 Å². The van der Waals surface area contributed by atoms with E-state index in [1.165, 1.54) is 29.7 Å². The van der Waals surface area contributed by atoms with Gasteiger partial charge in [0, 0.05) is 12.6 Å². The van der Waals surface area contributed by atoms with Crippen molar-refractivity contribution in [3.63, 3.8) is 0 Å². The molecule has 0 aliphatic rings. The normalized spacial score (nSPS) is 10.6. The van der Waals surface area contributed by atoms with Gasteiger partial charge in [0.25, 0.3) is 0 Å². The molecule has 0 saturated heterocycles. The molecule has 0 radical (unpaired) electrons. The first-order chi connectivity index (χ1) is 7.83. The predicted molar refractivity (Wildman–Crippen MR) is 67.3 cm³/mol. The molecule has 0 atom stereocenters. The summed E-state index contributed by atoms with van der Waals surface area (Å²) in [6.07, 6.45) is 5.57. The summed E-state index contributed by atoms with van der Waals surface area (Å²) in [5.41, 5.74) is 3.87. The van der Waals surface area contributed by atoms with Gasteiger partial charge >= 0.3 is 0 Å². The van der Waals surface area contributed by atoms with Gasteiger partial charge in [-0.1, -0.05) is 43.7 Å². The Kier molecular flexibility index (Phi) is 3.40. The fourth-order valence-corrected chi connectivity index (χ4v) is 2.00. The lowest BCUT2D eigenvalue weighted by atomic mass is 10.0. The van der Waals surface area contributed by atoms with Crippen molar-refractivity contribution in [2.75, 3.05) is 0 Å². The zero-order valence-electron chi connectivity index (χ0n) is 9.98. The molecule has 0 fully saturated rings. The monoisotopic (exact) mass is 214 g/mol. The summed E-state index contributed by atoms with van der Waals surface area (Å²) < 4.78 is 1.97. The molecule has 2 rings (SSSR count). The third-order valence-corrected chi connectivity index (χ3v) is 2.86. The van der Waals surface area contributed by atoms with E-state index in [1.807, 2.05) is 24.0 Å². The minimum absolute atomic E-state index is 1.12. The predicted octanol–water partition coefficient (Wildman–Crippen LogP) is 3.43. The number of aryl methyl sites for hydroxylation is 2. The zero-order chi connectivity index (χ0) is 11.4. The van der Waals surface area contributed by atoms with Gasteiger partial charge in [-0.05, 0) is 18.4 Å². The summed E-state index contributed by atoms with van der Waals surface area (Å²) in [5, 5.41) is 4.36. The summed E-state index contributed by atoms with van der Waals surface area (Å²) in [7, 11) is 2.01. The quantitative estimate of drug-likeness (QED) is 0.762. The van der Waals surface area contributed by atoms with E-state index in [1.54, 1.807) is 0 Å². The lowest BCUT2D eigenvalue weighted by Crippen LogP contribution is -1.95. The lowest BCUT2D eigenvalue weighted by Gasteiger charge is -2.05. The van der Waals surface area contributed by atoms with Crippen LogP contribution >= 0.6 is 0 Å². The van der Waals surface area contributed by atoms with E-state index >= 15 is 0 Å². The van der Waals surface area contributed by atoms with E-state index < -0.39 is 0 Å². The Morgan fingerprint density at radius 3 is 2.62 bits per heavy atom. The summed E-state index contributed by atoms with van der Waals surface area (Å²) >= 11 is 0. The van der Waals surface area contributed by atoms with Gasteiger partial charge in [-0.3, -0.25) is 4.68 Å². The lowest BCUT2D eigenvalue weighted by molar-refractivity contribution is 0.772. The summed E-state index contributed by atoms with van der Waals surface area (Å²) in [4.78, 5) is 0. The van der Waals surface area contributed by atoms with Crippen LogP contribution in [-0.4, -0.2) is 9.78 Å². The molecule has 0 N–H and O–H groups in total. The van der Waals surface area contributed by atoms with Crippen molar-refractivity contribution in [3.05, 3.63) is 42.1 Å². The number of aromatic nitrogens is 2. The van der Waals surface area contributed by atoms with Crippen LogP contribution in [0.5, 0.6) is 0 Å².